The van der Waals surface area contributed by atoms with Crippen LogP contribution >= 0.6 is 11.6 Å². The summed E-state index contributed by atoms with van der Waals surface area (Å²) in [6, 6.07) is 20.4. The Hall–Kier alpha value is -3.05. The van der Waals surface area contributed by atoms with Crippen LogP contribution in [0.5, 0.6) is 0 Å². The van der Waals surface area contributed by atoms with Crippen LogP contribution in [0.25, 0.3) is 0 Å². The van der Waals surface area contributed by atoms with E-state index in [1.807, 2.05) is 54.6 Å². The lowest BCUT2D eigenvalue weighted by Gasteiger charge is -2.03. The summed E-state index contributed by atoms with van der Waals surface area (Å²) in [4.78, 5) is 4.04. The lowest BCUT2D eigenvalue weighted by Crippen LogP contribution is -2.01. The fourth-order valence-electron chi connectivity index (χ4n) is 1.89. The van der Waals surface area contributed by atoms with Crippen molar-refractivity contribution in [2.75, 3.05) is 5.43 Å². The highest BCUT2D eigenvalue weighted by Gasteiger charge is 2.03. The number of anilines is 1. The second-order valence-corrected chi connectivity index (χ2v) is 5.27. The summed E-state index contributed by atoms with van der Waals surface area (Å²) < 4.78 is 0. The second kappa shape index (κ2) is 7.99. The third kappa shape index (κ3) is 4.47. The minimum atomic E-state index is 0.444. The third-order valence-electron chi connectivity index (χ3n) is 3.07. The zero-order valence-electron chi connectivity index (χ0n) is 12.7. The number of pyridine rings is 1. The average Bonchev–Trinajstić information content (AvgIpc) is 2.64. The normalized spacial score (nSPS) is 11.6. The maximum atomic E-state index is 5.94. The van der Waals surface area contributed by atoms with Gasteiger partial charge in [0.2, 0.25) is 5.84 Å². The van der Waals surface area contributed by atoms with Crippen LogP contribution in [0.3, 0.4) is 0 Å². The zero-order chi connectivity index (χ0) is 16.6. The van der Waals surface area contributed by atoms with E-state index in [-0.39, 0.29) is 0 Å². The SMILES string of the molecule is Clc1ccc(C(N=Nc2ccccc2)=NNc2cccnc2)cc1. The maximum Gasteiger partial charge on any atom is 0.201 e. The molecule has 0 fully saturated rings. The van der Waals surface area contributed by atoms with Gasteiger partial charge in [0.05, 0.1) is 17.6 Å². The van der Waals surface area contributed by atoms with Crippen molar-refractivity contribution in [1.82, 2.24) is 4.98 Å². The number of benzene rings is 2. The lowest BCUT2D eigenvalue weighted by molar-refractivity contribution is 1.21. The molecule has 0 saturated heterocycles. The van der Waals surface area contributed by atoms with Crippen LogP contribution in [0.15, 0.2) is 94.5 Å². The molecule has 5 nitrogen and oxygen atoms in total. The van der Waals surface area contributed by atoms with Crippen molar-refractivity contribution in [3.05, 3.63) is 89.7 Å². The van der Waals surface area contributed by atoms with Gasteiger partial charge >= 0.3 is 0 Å². The van der Waals surface area contributed by atoms with E-state index in [4.69, 9.17) is 11.6 Å². The van der Waals surface area contributed by atoms with E-state index in [9.17, 15) is 0 Å². The Kier molecular flexibility index (Phi) is 5.27. The van der Waals surface area contributed by atoms with Crippen molar-refractivity contribution >= 4 is 28.8 Å². The third-order valence-corrected chi connectivity index (χ3v) is 3.32. The quantitative estimate of drug-likeness (QED) is 0.304. The molecule has 0 aliphatic heterocycles. The summed E-state index contributed by atoms with van der Waals surface area (Å²) >= 11 is 5.94. The number of hydrazone groups is 1. The number of hydrogen-bond donors (Lipinski definition) is 1. The van der Waals surface area contributed by atoms with E-state index in [2.05, 4.69) is 25.7 Å². The van der Waals surface area contributed by atoms with E-state index in [1.54, 1.807) is 24.5 Å². The van der Waals surface area contributed by atoms with Gasteiger partial charge in [0, 0.05) is 16.8 Å². The van der Waals surface area contributed by atoms with Crippen LogP contribution in [0.2, 0.25) is 5.02 Å². The molecule has 6 heteroatoms. The molecule has 0 amide bonds. The molecule has 0 saturated carbocycles. The van der Waals surface area contributed by atoms with E-state index < -0.39 is 0 Å². The van der Waals surface area contributed by atoms with Gasteiger partial charge in [-0.15, -0.1) is 10.2 Å². The minimum Gasteiger partial charge on any atom is -0.275 e. The second-order valence-electron chi connectivity index (χ2n) is 4.83. The highest BCUT2D eigenvalue weighted by molar-refractivity contribution is 6.30. The van der Waals surface area contributed by atoms with Crippen LogP contribution in [0.4, 0.5) is 11.4 Å². The molecular weight excluding hydrogens is 322 g/mol. The Balaban J connectivity index is 1.88. The molecule has 0 unspecified atom stereocenters. The number of hydrogen-bond acceptors (Lipinski definition) is 4. The first-order chi connectivity index (χ1) is 11.8. The lowest BCUT2D eigenvalue weighted by atomic mass is 10.2. The zero-order valence-corrected chi connectivity index (χ0v) is 13.4. The number of nitrogens with zero attached hydrogens (tertiary/aromatic N) is 4. The number of amidine groups is 1. The van der Waals surface area contributed by atoms with Crippen LogP contribution < -0.4 is 5.43 Å². The van der Waals surface area contributed by atoms with Gasteiger partial charge in [-0.25, -0.2) is 0 Å². The number of azo groups is 1. The first-order valence-corrected chi connectivity index (χ1v) is 7.65. The average molecular weight is 336 g/mol. The van der Waals surface area contributed by atoms with Gasteiger partial charge in [0.25, 0.3) is 0 Å². The van der Waals surface area contributed by atoms with Gasteiger partial charge in [0.1, 0.15) is 0 Å². The van der Waals surface area contributed by atoms with Crippen molar-refractivity contribution in [1.29, 1.82) is 0 Å². The molecule has 3 rings (SSSR count). The molecule has 1 heterocycles. The summed E-state index contributed by atoms with van der Waals surface area (Å²) in [5.41, 5.74) is 5.25. The van der Waals surface area contributed by atoms with E-state index in [0.717, 1.165) is 16.9 Å². The van der Waals surface area contributed by atoms with Gasteiger partial charge in [0.15, 0.2) is 0 Å². The largest absolute Gasteiger partial charge is 0.275 e. The molecule has 3 aromatic rings. The molecule has 118 valence electrons. The van der Waals surface area contributed by atoms with E-state index in [0.29, 0.717) is 10.9 Å². The van der Waals surface area contributed by atoms with Crippen molar-refractivity contribution in [3.63, 3.8) is 0 Å². The predicted molar refractivity (Wildman–Crippen MR) is 96.8 cm³/mol. The minimum absolute atomic E-state index is 0.444. The Morgan fingerprint density at radius 2 is 1.71 bits per heavy atom. The van der Waals surface area contributed by atoms with Crippen LogP contribution in [0.1, 0.15) is 5.56 Å². The molecule has 1 aromatic heterocycles. The van der Waals surface area contributed by atoms with Crippen LogP contribution in [-0.4, -0.2) is 10.8 Å². The molecule has 1 N–H and O–H groups in total. The Morgan fingerprint density at radius 3 is 2.42 bits per heavy atom. The molecule has 0 bridgehead atoms. The molecule has 0 aliphatic carbocycles. The summed E-state index contributed by atoms with van der Waals surface area (Å²) in [5, 5.41) is 13.5. The van der Waals surface area contributed by atoms with Crippen molar-refractivity contribution < 1.29 is 0 Å². The molecule has 0 spiro atoms. The summed E-state index contributed by atoms with van der Waals surface area (Å²) in [7, 11) is 0. The molecule has 2 aromatic carbocycles. The van der Waals surface area contributed by atoms with Crippen LogP contribution in [-0.2, 0) is 0 Å². The van der Waals surface area contributed by atoms with Crippen molar-refractivity contribution in [2.24, 2.45) is 15.3 Å². The van der Waals surface area contributed by atoms with Gasteiger partial charge in [-0.3, -0.25) is 10.4 Å². The smallest absolute Gasteiger partial charge is 0.201 e. The van der Waals surface area contributed by atoms with Gasteiger partial charge < -0.3 is 0 Å². The maximum absolute atomic E-state index is 5.94. The number of rotatable bonds is 4. The molecule has 0 aliphatic rings. The summed E-state index contributed by atoms with van der Waals surface area (Å²) in [5.74, 6) is 0.444. The van der Waals surface area contributed by atoms with Crippen LogP contribution in [0, 0.1) is 0 Å². The Bertz CT molecular complexity index is 830. The monoisotopic (exact) mass is 335 g/mol. The standard InChI is InChI=1S/C18H14ClN5/c19-15-10-8-14(9-11-15)18(23-21-16-5-2-1-3-6-16)24-22-17-7-4-12-20-13-17/h1-13,22H. The predicted octanol–water partition coefficient (Wildman–Crippen LogP) is 5.29. The first kappa shape index (κ1) is 15.8. The fourth-order valence-corrected chi connectivity index (χ4v) is 2.02. The summed E-state index contributed by atoms with van der Waals surface area (Å²) in [6.45, 7) is 0. The van der Waals surface area contributed by atoms with Crippen molar-refractivity contribution in [2.45, 2.75) is 0 Å². The number of aromatic nitrogens is 1. The summed E-state index contributed by atoms with van der Waals surface area (Å²) in [6.07, 6.45) is 3.38. The molecule has 24 heavy (non-hydrogen) atoms. The topological polar surface area (TPSA) is 62.0 Å². The highest BCUT2D eigenvalue weighted by Crippen LogP contribution is 2.15. The first-order valence-electron chi connectivity index (χ1n) is 7.28. The van der Waals surface area contributed by atoms with Gasteiger partial charge in [-0.2, -0.15) is 5.10 Å². The number of halogens is 1. The number of nitrogens with one attached hydrogen (secondary N) is 1. The molecular formula is C18H14ClN5. The Morgan fingerprint density at radius 1 is 0.917 bits per heavy atom. The Labute approximate surface area is 144 Å². The van der Waals surface area contributed by atoms with E-state index in [1.165, 1.54) is 0 Å². The molecule has 0 atom stereocenters. The van der Waals surface area contributed by atoms with E-state index >= 15 is 0 Å². The van der Waals surface area contributed by atoms with Crippen molar-refractivity contribution in [3.8, 4) is 0 Å². The molecule has 0 radical (unpaired) electrons. The fraction of sp³-hybridized carbons (Fsp3) is 0. The van der Waals surface area contributed by atoms with Gasteiger partial charge in [-0.05, 0) is 48.5 Å². The highest BCUT2D eigenvalue weighted by atomic mass is 35.5. The van der Waals surface area contributed by atoms with Gasteiger partial charge in [-0.1, -0.05) is 29.8 Å².